The summed E-state index contributed by atoms with van der Waals surface area (Å²) in [6.07, 6.45) is 5.62. The minimum absolute atomic E-state index is 0.589. The molecule has 0 atom stereocenters. The highest BCUT2D eigenvalue weighted by Crippen LogP contribution is 2.34. The molecule has 1 aromatic carbocycles. The van der Waals surface area contributed by atoms with Gasteiger partial charge in [-0.25, -0.2) is 4.98 Å². The summed E-state index contributed by atoms with van der Waals surface area (Å²) in [5.41, 5.74) is 3.16. The molecule has 0 fully saturated rings. The summed E-state index contributed by atoms with van der Waals surface area (Å²) in [7, 11) is 0. The van der Waals surface area contributed by atoms with Crippen molar-refractivity contribution < 1.29 is 4.74 Å². The van der Waals surface area contributed by atoms with Gasteiger partial charge < -0.3 is 9.72 Å². The maximum atomic E-state index is 5.59. The van der Waals surface area contributed by atoms with Crippen molar-refractivity contribution in [3.8, 4) is 5.75 Å². The van der Waals surface area contributed by atoms with Crippen LogP contribution < -0.4 is 4.74 Å². The van der Waals surface area contributed by atoms with Gasteiger partial charge in [0.2, 0.25) is 0 Å². The van der Waals surface area contributed by atoms with Crippen molar-refractivity contribution in [2.24, 2.45) is 0 Å². The van der Waals surface area contributed by atoms with Crippen LogP contribution in [-0.4, -0.2) is 16.6 Å². The van der Waals surface area contributed by atoms with Crippen LogP contribution in [0.2, 0.25) is 0 Å². The lowest BCUT2D eigenvalue weighted by molar-refractivity contribution is 0.357. The molecule has 1 N–H and O–H groups in total. The minimum atomic E-state index is 0.589. The van der Waals surface area contributed by atoms with E-state index in [-0.39, 0.29) is 0 Å². The fourth-order valence-corrected chi connectivity index (χ4v) is 2.15. The Bertz CT molecular complexity index is 546. The number of aromatic amines is 1. The molecule has 0 saturated heterocycles. The topological polar surface area (TPSA) is 37.9 Å². The summed E-state index contributed by atoms with van der Waals surface area (Å²) in [6.45, 7) is 0.589. The molecule has 0 saturated carbocycles. The van der Waals surface area contributed by atoms with Gasteiger partial charge in [0.1, 0.15) is 12.4 Å². The SMILES string of the molecule is Brc1ccc2c(c1)OCC=C2c1c[nH]cn1. The summed E-state index contributed by atoms with van der Waals surface area (Å²) in [5.74, 6) is 0.898. The van der Waals surface area contributed by atoms with Gasteiger partial charge in [0.15, 0.2) is 0 Å². The smallest absolute Gasteiger partial charge is 0.128 e. The fourth-order valence-electron chi connectivity index (χ4n) is 1.81. The normalized spacial score (nSPS) is 13.9. The summed E-state index contributed by atoms with van der Waals surface area (Å²) in [6, 6.07) is 6.03. The van der Waals surface area contributed by atoms with Crippen molar-refractivity contribution in [3.05, 3.63) is 52.5 Å². The maximum Gasteiger partial charge on any atom is 0.128 e. The van der Waals surface area contributed by atoms with E-state index in [1.54, 1.807) is 6.33 Å². The van der Waals surface area contributed by atoms with Gasteiger partial charge in [0.05, 0.1) is 12.0 Å². The molecule has 0 aliphatic carbocycles. The third-order valence-corrected chi connectivity index (χ3v) is 3.03. The van der Waals surface area contributed by atoms with Crippen LogP contribution in [0.3, 0.4) is 0 Å². The van der Waals surface area contributed by atoms with E-state index in [1.165, 1.54) is 0 Å². The molecule has 1 aliphatic heterocycles. The highest BCUT2D eigenvalue weighted by atomic mass is 79.9. The van der Waals surface area contributed by atoms with Crippen LogP contribution in [0.1, 0.15) is 11.3 Å². The zero-order valence-corrected chi connectivity index (χ0v) is 9.99. The van der Waals surface area contributed by atoms with E-state index in [0.717, 1.165) is 27.1 Å². The van der Waals surface area contributed by atoms with Gasteiger partial charge in [0.25, 0.3) is 0 Å². The lowest BCUT2D eigenvalue weighted by Gasteiger charge is -2.17. The number of nitrogens with one attached hydrogen (secondary N) is 1. The highest BCUT2D eigenvalue weighted by molar-refractivity contribution is 9.10. The number of fused-ring (bicyclic) bond motifs is 1. The lowest BCUT2D eigenvalue weighted by atomic mass is 10.0. The molecule has 1 aromatic heterocycles. The predicted molar refractivity (Wildman–Crippen MR) is 65.3 cm³/mol. The Morgan fingerprint density at radius 3 is 3.12 bits per heavy atom. The van der Waals surface area contributed by atoms with E-state index in [1.807, 2.05) is 30.5 Å². The van der Waals surface area contributed by atoms with Crippen molar-refractivity contribution in [1.82, 2.24) is 9.97 Å². The van der Waals surface area contributed by atoms with Gasteiger partial charge in [-0.3, -0.25) is 0 Å². The zero-order valence-electron chi connectivity index (χ0n) is 8.40. The van der Waals surface area contributed by atoms with Crippen LogP contribution in [0.4, 0.5) is 0 Å². The van der Waals surface area contributed by atoms with Crippen molar-refractivity contribution in [3.63, 3.8) is 0 Å². The van der Waals surface area contributed by atoms with E-state index in [2.05, 4.69) is 25.9 Å². The van der Waals surface area contributed by atoms with Crippen molar-refractivity contribution in [1.29, 1.82) is 0 Å². The lowest BCUT2D eigenvalue weighted by Crippen LogP contribution is -2.05. The highest BCUT2D eigenvalue weighted by Gasteiger charge is 2.16. The summed E-state index contributed by atoms with van der Waals surface area (Å²) < 4.78 is 6.61. The third kappa shape index (κ3) is 1.55. The quantitative estimate of drug-likeness (QED) is 0.870. The second-order valence-corrected chi connectivity index (χ2v) is 4.44. The average Bonchev–Trinajstić information content (AvgIpc) is 2.81. The molecule has 3 nitrogen and oxygen atoms in total. The van der Waals surface area contributed by atoms with Gasteiger partial charge >= 0.3 is 0 Å². The molecule has 2 aromatic rings. The standard InChI is InChI=1S/C12H9BrN2O/c13-8-1-2-10-9(11-6-14-7-15-11)3-4-16-12(10)5-8/h1-3,5-7H,4H2,(H,14,15). The van der Waals surface area contributed by atoms with E-state index in [0.29, 0.717) is 6.61 Å². The van der Waals surface area contributed by atoms with E-state index in [4.69, 9.17) is 4.74 Å². The molecule has 2 heterocycles. The number of imidazole rings is 1. The van der Waals surface area contributed by atoms with Crippen molar-refractivity contribution in [2.75, 3.05) is 6.61 Å². The van der Waals surface area contributed by atoms with Gasteiger partial charge in [-0.15, -0.1) is 0 Å². The molecule has 0 radical (unpaired) electrons. The van der Waals surface area contributed by atoms with Gasteiger partial charge in [0, 0.05) is 21.8 Å². The van der Waals surface area contributed by atoms with Crippen LogP contribution in [-0.2, 0) is 0 Å². The van der Waals surface area contributed by atoms with Crippen LogP contribution in [0.25, 0.3) is 5.57 Å². The zero-order chi connectivity index (χ0) is 11.0. The molecule has 0 bridgehead atoms. The second-order valence-electron chi connectivity index (χ2n) is 3.52. The van der Waals surface area contributed by atoms with Crippen LogP contribution >= 0.6 is 15.9 Å². The number of H-pyrrole nitrogens is 1. The molecule has 16 heavy (non-hydrogen) atoms. The van der Waals surface area contributed by atoms with E-state index >= 15 is 0 Å². The molecular formula is C12H9BrN2O. The van der Waals surface area contributed by atoms with Crippen molar-refractivity contribution in [2.45, 2.75) is 0 Å². The fraction of sp³-hybridized carbons (Fsp3) is 0.0833. The largest absolute Gasteiger partial charge is 0.489 e. The molecule has 80 valence electrons. The average molecular weight is 277 g/mol. The van der Waals surface area contributed by atoms with E-state index < -0.39 is 0 Å². The first kappa shape index (κ1) is 9.66. The number of halogens is 1. The Hall–Kier alpha value is -1.55. The van der Waals surface area contributed by atoms with Crippen LogP contribution in [0.15, 0.2) is 41.3 Å². The number of ether oxygens (including phenoxy) is 1. The molecular weight excluding hydrogens is 268 g/mol. The maximum absolute atomic E-state index is 5.59. The number of hydrogen-bond donors (Lipinski definition) is 1. The first-order valence-electron chi connectivity index (χ1n) is 4.96. The number of nitrogens with zero attached hydrogens (tertiary/aromatic N) is 1. The number of aromatic nitrogens is 2. The van der Waals surface area contributed by atoms with Crippen molar-refractivity contribution >= 4 is 21.5 Å². The number of benzene rings is 1. The Labute approximate surface area is 101 Å². The van der Waals surface area contributed by atoms with Gasteiger partial charge in [-0.1, -0.05) is 15.9 Å². The Kier molecular flexibility index (Phi) is 2.29. The molecule has 3 rings (SSSR count). The monoisotopic (exact) mass is 276 g/mol. The van der Waals surface area contributed by atoms with Crippen LogP contribution in [0.5, 0.6) is 5.75 Å². The molecule has 1 aliphatic rings. The Balaban J connectivity index is 2.14. The first-order chi connectivity index (χ1) is 7.84. The molecule has 0 amide bonds. The third-order valence-electron chi connectivity index (χ3n) is 2.53. The summed E-state index contributed by atoms with van der Waals surface area (Å²) in [5, 5.41) is 0. The molecule has 0 spiro atoms. The first-order valence-corrected chi connectivity index (χ1v) is 5.76. The van der Waals surface area contributed by atoms with Gasteiger partial charge in [-0.05, 0) is 24.3 Å². The molecule has 0 unspecified atom stereocenters. The molecule has 4 heteroatoms. The Morgan fingerprint density at radius 1 is 1.38 bits per heavy atom. The summed E-state index contributed by atoms with van der Waals surface area (Å²) in [4.78, 5) is 7.24. The number of hydrogen-bond acceptors (Lipinski definition) is 2. The second kappa shape index (κ2) is 3.79. The Morgan fingerprint density at radius 2 is 2.31 bits per heavy atom. The summed E-state index contributed by atoms with van der Waals surface area (Å²) >= 11 is 3.44. The van der Waals surface area contributed by atoms with Crippen LogP contribution in [0, 0.1) is 0 Å². The van der Waals surface area contributed by atoms with E-state index in [9.17, 15) is 0 Å². The predicted octanol–water partition coefficient (Wildman–Crippen LogP) is 3.00. The minimum Gasteiger partial charge on any atom is -0.489 e. The van der Waals surface area contributed by atoms with Gasteiger partial charge in [-0.2, -0.15) is 0 Å². The number of rotatable bonds is 1.